The third kappa shape index (κ3) is 2.43. The maximum absolute atomic E-state index is 12.0. The van der Waals surface area contributed by atoms with Crippen LogP contribution in [0.25, 0.3) is 0 Å². The number of hydrogen-bond acceptors (Lipinski definition) is 1. The minimum Gasteiger partial charge on any atom is -0.353 e. The van der Waals surface area contributed by atoms with E-state index in [-0.39, 0.29) is 5.91 Å². The maximum atomic E-state index is 12.0. The van der Waals surface area contributed by atoms with Crippen LogP contribution >= 0.6 is 0 Å². The van der Waals surface area contributed by atoms with Crippen molar-refractivity contribution >= 4 is 5.91 Å². The molecule has 96 valence electrons. The number of carbonyl (C=O) groups excluding carboxylic acids is 1. The molecular formula is C16H21NO. The molecule has 1 aromatic carbocycles. The molecule has 2 fully saturated rings. The summed E-state index contributed by atoms with van der Waals surface area (Å²) in [4.78, 5) is 12.0. The van der Waals surface area contributed by atoms with Gasteiger partial charge in [0, 0.05) is 6.04 Å². The normalized spacial score (nSPS) is 29.5. The predicted molar refractivity (Wildman–Crippen MR) is 72.3 cm³/mol. The fourth-order valence-electron chi connectivity index (χ4n) is 3.57. The number of fused-ring (bicyclic) bond motifs is 2. The summed E-state index contributed by atoms with van der Waals surface area (Å²) in [6.07, 6.45) is 5.78. The van der Waals surface area contributed by atoms with Crippen LogP contribution in [0.1, 0.15) is 36.8 Å². The molecule has 2 heteroatoms. The molecular weight excluding hydrogens is 222 g/mol. The predicted octanol–water partition coefficient (Wildman–Crippen LogP) is 2.84. The molecule has 2 aliphatic carbocycles. The average molecular weight is 243 g/mol. The van der Waals surface area contributed by atoms with Gasteiger partial charge in [-0.25, -0.2) is 0 Å². The van der Waals surface area contributed by atoms with E-state index in [1.807, 2.05) is 0 Å². The van der Waals surface area contributed by atoms with Gasteiger partial charge in [-0.1, -0.05) is 36.2 Å². The van der Waals surface area contributed by atoms with Gasteiger partial charge in [-0.2, -0.15) is 0 Å². The molecule has 18 heavy (non-hydrogen) atoms. The first kappa shape index (κ1) is 11.8. The van der Waals surface area contributed by atoms with Crippen LogP contribution in [0.5, 0.6) is 0 Å². The number of rotatable bonds is 3. The molecule has 1 amide bonds. The standard InChI is InChI=1S/C16H21NO/c1-11-2-4-12(5-3-11)10-16(18)17-15-9-13-6-7-14(15)8-13/h2-5,13-15H,6-10H2,1H3,(H,17,18)/t13-,14+,15+/m0/s1. The van der Waals surface area contributed by atoms with Crippen molar-refractivity contribution in [3.63, 3.8) is 0 Å². The largest absolute Gasteiger partial charge is 0.353 e. The van der Waals surface area contributed by atoms with Crippen molar-refractivity contribution in [1.82, 2.24) is 5.32 Å². The zero-order valence-electron chi connectivity index (χ0n) is 11.0. The SMILES string of the molecule is Cc1ccc(CC(=O)N[C@@H]2C[C@H]3CC[C@@H]2C3)cc1. The van der Waals surface area contributed by atoms with Crippen molar-refractivity contribution in [2.24, 2.45) is 11.8 Å². The molecule has 0 saturated heterocycles. The van der Waals surface area contributed by atoms with Gasteiger partial charge in [0.2, 0.25) is 5.91 Å². The van der Waals surface area contributed by atoms with Crippen molar-refractivity contribution in [2.75, 3.05) is 0 Å². The van der Waals surface area contributed by atoms with Crippen LogP contribution in [0.4, 0.5) is 0 Å². The summed E-state index contributed by atoms with van der Waals surface area (Å²) in [5.41, 5.74) is 2.36. The Kier molecular flexibility index (Phi) is 3.11. The van der Waals surface area contributed by atoms with Gasteiger partial charge in [-0.3, -0.25) is 4.79 Å². The number of carbonyl (C=O) groups is 1. The lowest BCUT2D eigenvalue weighted by Gasteiger charge is -2.22. The second-order valence-electron chi connectivity index (χ2n) is 6.01. The fourth-order valence-corrected chi connectivity index (χ4v) is 3.57. The van der Waals surface area contributed by atoms with Crippen molar-refractivity contribution in [3.8, 4) is 0 Å². The highest BCUT2D eigenvalue weighted by molar-refractivity contribution is 5.79. The highest BCUT2D eigenvalue weighted by Crippen LogP contribution is 2.44. The molecule has 2 saturated carbocycles. The van der Waals surface area contributed by atoms with Gasteiger partial charge in [0.1, 0.15) is 0 Å². The molecule has 0 spiro atoms. The zero-order valence-corrected chi connectivity index (χ0v) is 11.0. The lowest BCUT2D eigenvalue weighted by atomic mass is 9.95. The summed E-state index contributed by atoms with van der Waals surface area (Å²) in [5, 5.41) is 3.23. The molecule has 2 aliphatic rings. The van der Waals surface area contributed by atoms with Crippen LogP contribution in [-0.2, 0) is 11.2 Å². The lowest BCUT2D eigenvalue weighted by Crippen LogP contribution is -2.39. The Hall–Kier alpha value is -1.31. The van der Waals surface area contributed by atoms with Crippen LogP contribution in [0.3, 0.4) is 0 Å². The molecule has 0 aliphatic heterocycles. The van der Waals surface area contributed by atoms with E-state index < -0.39 is 0 Å². The molecule has 2 nitrogen and oxygen atoms in total. The number of amides is 1. The topological polar surface area (TPSA) is 29.1 Å². The monoisotopic (exact) mass is 243 g/mol. The number of hydrogen-bond donors (Lipinski definition) is 1. The van der Waals surface area contributed by atoms with Crippen molar-refractivity contribution in [1.29, 1.82) is 0 Å². The quantitative estimate of drug-likeness (QED) is 0.869. The first-order valence-electron chi connectivity index (χ1n) is 7.05. The highest BCUT2D eigenvalue weighted by atomic mass is 16.1. The molecule has 3 atom stereocenters. The van der Waals surface area contributed by atoms with E-state index in [2.05, 4.69) is 36.5 Å². The Labute approximate surface area is 109 Å². The number of nitrogens with one attached hydrogen (secondary N) is 1. The average Bonchev–Trinajstić information content (AvgIpc) is 2.94. The van der Waals surface area contributed by atoms with Gasteiger partial charge in [0.25, 0.3) is 0 Å². The number of benzene rings is 1. The van der Waals surface area contributed by atoms with Crippen LogP contribution < -0.4 is 5.32 Å². The maximum Gasteiger partial charge on any atom is 0.224 e. The van der Waals surface area contributed by atoms with Crippen LogP contribution in [0, 0.1) is 18.8 Å². The van der Waals surface area contributed by atoms with Gasteiger partial charge in [0.05, 0.1) is 6.42 Å². The smallest absolute Gasteiger partial charge is 0.224 e. The Morgan fingerprint density at radius 1 is 1.22 bits per heavy atom. The van der Waals surface area contributed by atoms with Gasteiger partial charge in [-0.15, -0.1) is 0 Å². The van der Waals surface area contributed by atoms with Gasteiger partial charge in [-0.05, 0) is 43.6 Å². The van der Waals surface area contributed by atoms with Crippen molar-refractivity contribution < 1.29 is 4.79 Å². The van der Waals surface area contributed by atoms with E-state index in [9.17, 15) is 4.79 Å². The van der Waals surface area contributed by atoms with E-state index in [1.165, 1.54) is 31.2 Å². The number of aryl methyl sites for hydroxylation is 1. The minimum atomic E-state index is 0.191. The second kappa shape index (κ2) is 4.75. The van der Waals surface area contributed by atoms with Crippen molar-refractivity contribution in [3.05, 3.63) is 35.4 Å². The lowest BCUT2D eigenvalue weighted by molar-refractivity contribution is -0.121. The third-order valence-electron chi connectivity index (χ3n) is 4.57. The Bertz CT molecular complexity index is 437. The van der Waals surface area contributed by atoms with Crippen LogP contribution in [0.2, 0.25) is 0 Å². The summed E-state index contributed by atoms with van der Waals surface area (Å²) in [6, 6.07) is 8.70. The molecule has 0 heterocycles. The van der Waals surface area contributed by atoms with Crippen LogP contribution in [-0.4, -0.2) is 11.9 Å². The highest BCUT2D eigenvalue weighted by Gasteiger charge is 2.39. The van der Waals surface area contributed by atoms with Gasteiger partial charge in [0.15, 0.2) is 0 Å². The molecule has 1 N–H and O–H groups in total. The van der Waals surface area contributed by atoms with E-state index in [0.717, 1.165) is 17.4 Å². The fraction of sp³-hybridized carbons (Fsp3) is 0.562. The minimum absolute atomic E-state index is 0.191. The first-order chi connectivity index (χ1) is 8.70. The summed E-state index contributed by atoms with van der Waals surface area (Å²) in [7, 11) is 0. The summed E-state index contributed by atoms with van der Waals surface area (Å²) >= 11 is 0. The molecule has 1 aromatic rings. The van der Waals surface area contributed by atoms with Crippen molar-refractivity contribution in [2.45, 2.75) is 45.1 Å². The Balaban J connectivity index is 1.54. The molecule has 3 rings (SSSR count). The molecule has 2 bridgehead atoms. The zero-order chi connectivity index (χ0) is 12.5. The molecule has 0 radical (unpaired) electrons. The summed E-state index contributed by atoms with van der Waals surface area (Å²) in [6.45, 7) is 2.07. The van der Waals surface area contributed by atoms with E-state index in [0.29, 0.717) is 12.5 Å². The van der Waals surface area contributed by atoms with E-state index in [1.54, 1.807) is 0 Å². The van der Waals surface area contributed by atoms with Crippen LogP contribution in [0.15, 0.2) is 24.3 Å². The summed E-state index contributed by atoms with van der Waals surface area (Å²) < 4.78 is 0. The van der Waals surface area contributed by atoms with Gasteiger partial charge < -0.3 is 5.32 Å². The van der Waals surface area contributed by atoms with E-state index in [4.69, 9.17) is 0 Å². The van der Waals surface area contributed by atoms with Gasteiger partial charge >= 0.3 is 0 Å². The Morgan fingerprint density at radius 3 is 2.61 bits per heavy atom. The van der Waals surface area contributed by atoms with E-state index >= 15 is 0 Å². The second-order valence-corrected chi connectivity index (χ2v) is 6.01. The first-order valence-corrected chi connectivity index (χ1v) is 7.05. The Morgan fingerprint density at radius 2 is 2.00 bits per heavy atom. The third-order valence-corrected chi connectivity index (χ3v) is 4.57. The molecule has 0 aromatic heterocycles. The summed E-state index contributed by atoms with van der Waals surface area (Å²) in [5.74, 6) is 1.84. The molecule has 0 unspecified atom stereocenters.